The van der Waals surface area contributed by atoms with Crippen LogP contribution in [-0.4, -0.2) is 33.9 Å². The van der Waals surface area contributed by atoms with Crippen molar-refractivity contribution in [1.82, 2.24) is 14.9 Å². The molecule has 1 fully saturated rings. The van der Waals surface area contributed by atoms with Gasteiger partial charge < -0.3 is 4.90 Å². The van der Waals surface area contributed by atoms with Crippen molar-refractivity contribution in [3.63, 3.8) is 0 Å². The molecule has 2 aromatic heterocycles. The molecule has 1 aliphatic rings. The Hall–Kier alpha value is -1.75. The van der Waals surface area contributed by atoms with Gasteiger partial charge in [-0.1, -0.05) is 0 Å². The summed E-state index contributed by atoms with van der Waals surface area (Å²) in [5.74, 6) is 0.515. The van der Waals surface area contributed by atoms with E-state index in [1.165, 1.54) is 4.88 Å². The molecule has 3 rings (SSSR count). The molecule has 0 aliphatic carbocycles. The number of pyridine rings is 1. The summed E-state index contributed by atoms with van der Waals surface area (Å²) < 4.78 is 0. The predicted octanol–water partition coefficient (Wildman–Crippen LogP) is 3.55. The molecule has 0 spiro atoms. The van der Waals surface area contributed by atoms with Crippen LogP contribution in [0.5, 0.6) is 0 Å². The number of hydrogen-bond acceptors (Lipinski definition) is 4. The molecule has 2 aromatic rings. The van der Waals surface area contributed by atoms with Gasteiger partial charge in [0.2, 0.25) is 5.91 Å². The van der Waals surface area contributed by atoms with Crippen molar-refractivity contribution in [3.05, 3.63) is 34.6 Å². The van der Waals surface area contributed by atoms with Gasteiger partial charge >= 0.3 is 0 Å². The Bertz CT molecular complexity index is 658. The Kier molecular flexibility index (Phi) is 4.25. The molecule has 0 aromatic carbocycles. The Labute approximate surface area is 135 Å². The third-order valence-electron chi connectivity index (χ3n) is 4.35. The first-order chi connectivity index (χ1) is 10.5. The van der Waals surface area contributed by atoms with E-state index in [-0.39, 0.29) is 5.91 Å². The molecule has 1 amide bonds. The van der Waals surface area contributed by atoms with E-state index in [1.54, 1.807) is 18.3 Å². The van der Waals surface area contributed by atoms with Crippen molar-refractivity contribution in [1.29, 1.82) is 0 Å². The van der Waals surface area contributed by atoms with Crippen molar-refractivity contribution in [2.75, 3.05) is 13.1 Å². The number of amides is 1. The zero-order valence-corrected chi connectivity index (χ0v) is 14.1. The van der Waals surface area contributed by atoms with Crippen LogP contribution >= 0.6 is 11.3 Å². The number of piperidine rings is 1. The number of likely N-dealkylation sites (tertiary alicyclic amines) is 1. The molecular formula is C17H21N3OS. The molecule has 1 aliphatic heterocycles. The number of thiazole rings is 1. The fourth-order valence-corrected chi connectivity index (χ4v) is 3.78. The van der Waals surface area contributed by atoms with E-state index in [1.807, 2.05) is 18.0 Å². The third-order valence-corrected chi connectivity index (χ3v) is 5.47. The quantitative estimate of drug-likeness (QED) is 0.851. The maximum atomic E-state index is 11.5. The van der Waals surface area contributed by atoms with Gasteiger partial charge in [0.25, 0.3) is 0 Å². The summed E-state index contributed by atoms with van der Waals surface area (Å²) in [6.45, 7) is 7.44. The topological polar surface area (TPSA) is 46.1 Å². The van der Waals surface area contributed by atoms with E-state index >= 15 is 0 Å². The summed E-state index contributed by atoms with van der Waals surface area (Å²) in [6.07, 6.45) is 4.07. The zero-order valence-electron chi connectivity index (χ0n) is 13.3. The second kappa shape index (κ2) is 6.16. The van der Waals surface area contributed by atoms with Gasteiger partial charge in [0.05, 0.1) is 5.69 Å². The number of aromatic nitrogens is 2. The minimum atomic E-state index is 0.162. The van der Waals surface area contributed by atoms with Crippen LogP contribution < -0.4 is 0 Å². The molecule has 5 heteroatoms. The number of carbonyl (C=O) groups excluding carboxylic acids is 1. The van der Waals surface area contributed by atoms with Gasteiger partial charge in [-0.2, -0.15) is 0 Å². The molecule has 3 heterocycles. The highest BCUT2D eigenvalue weighted by Gasteiger charge is 2.23. The van der Waals surface area contributed by atoms with Crippen molar-refractivity contribution < 1.29 is 4.79 Å². The summed E-state index contributed by atoms with van der Waals surface area (Å²) in [6, 6.07) is 4.20. The first-order valence-electron chi connectivity index (χ1n) is 7.70. The van der Waals surface area contributed by atoms with Gasteiger partial charge in [0, 0.05) is 48.3 Å². The van der Waals surface area contributed by atoms with Gasteiger partial charge in [0.15, 0.2) is 0 Å². The van der Waals surface area contributed by atoms with Crippen molar-refractivity contribution >= 4 is 17.2 Å². The summed E-state index contributed by atoms with van der Waals surface area (Å²) >= 11 is 1.71. The molecule has 1 saturated heterocycles. The third kappa shape index (κ3) is 3.04. The van der Waals surface area contributed by atoms with Gasteiger partial charge in [-0.3, -0.25) is 9.78 Å². The lowest BCUT2D eigenvalue weighted by molar-refractivity contribution is -0.130. The van der Waals surface area contributed by atoms with E-state index < -0.39 is 0 Å². The highest BCUT2D eigenvalue weighted by molar-refractivity contribution is 7.15. The largest absolute Gasteiger partial charge is 0.342 e. The lowest BCUT2D eigenvalue weighted by Crippen LogP contribution is -2.37. The normalized spacial score (nSPS) is 18.5. The van der Waals surface area contributed by atoms with Crippen LogP contribution in [0, 0.1) is 13.8 Å². The second-order valence-electron chi connectivity index (χ2n) is 5.94. The minimum absolute atomic E-state index is 0.162. The lowest BCUT2D eigenvalue weighted by atomic mass is 9.94. The summed E-state index contributed by atoms with van der Waals surface area (Å²) in [7, 11) is 0. The molecule has 1 atom stereocenters. The molecule has 116 valence electrons. The average molecular weight is 315 g/mol. The van der Waals surface area contributed by atoms with Crippen molar-refractivity contribution in [2.24, 2.45) is 0 Å². The average Bonchev–Trinajstić information content (AvgIpc) is 2.87. The van der Waals surface area contributed by atoms with E-state index in [0.29, 0.717) is 5.92 Å². The van der Waals surface area contributed by atoms with Gasteiger partial charge in [-0.15, -0.1) is 11.3 Å². The summed E-state index contributed by atoms with van der Waals surface area (Å²) in [4.78, 5) is 24.0. The van der Waals surface area contributed by atoms with Crippen LogP contribution in [0.1, 0.15) is 41.9 Å². The van der Waals surface area contributed by atoms with Crippen LogP contribution in [0.2, 0.25) is 0 Å². The van der Waals surface area contributed by atoms with Crippen molar-refractivity contribution in [2.45, 2.75) is 39.5 Å². The van der Waals surface area contributed by atoms with Crippen LogP contribution in [0.15, 0.2) is 18.3 Å². The van der Waals surface area contributed by atoms with Gasteiger partial charge in [0.1, 0.15) is 5.01 Å². The van der Waals surface area contributed by atoms with E-state index in [2.05, 4.69) is 29.0 Å². The summed E-state index contributed by atoms with van der Waals surface area (Å²) in [5, 5.41) is 1.03. The van der Waals surface area contributed by atoms with E-state index in [0.717, 1.165) is 47.9 Å². The van der Waals surface area contributed by atoms with E-state index in [4.69, 9.17) is 0 Å². The van der Waals surface area contributed by atoms with Crippen LogP contribution in [0.25, 0.3) is 10.6 Å². The monoisotopic (exact) mass is 315 g/mol. The fourth-order valence-electron chi connectivity index (χ4n) is 2.87. The number of nitrogens with zero attached hydrogens (tertiary/aromatic N) is 3. The van der Waals surface area contributed by atoms with Crippen molar-refractivity contribution in [3.8, 4) is 10.6 Å². The van der Waals surface area contributed by atoms with Crippen LogP contribution in [0.3, 0.4) is 0 Å². The molecule has 0 radical (unpaired) electrons. The number of carbonyl (C=O) groups is 1. The summed E-state index contributed by atoms with van der Waals surface area (Å²) in [5.41, 5.74) is 3.25. The number of hydrogen-bond donors (Lipinski definition) is 0. The molecule has 22 heavy (non-hydrogen) atoms. The number of aryl methyl sites for hydroxylation is 2. The first-order valence-corrected chi connectivity index (χ1v) is 8.52. The Balaban J connectivity index is 1.77. The molecule has 0 bridgehead atoms. The SMILES string of the molecule is CC(=O)N1CCCC(c2ccc(-c3nc(C)c(C)s3)cn2)C1. The molecule has 0 N–H and O–H groups in total. The second-order valence-corrected chi connectivity index (χ2v) is 7.14. The minimum Gasteiger partial charge on any atom is -0.342 e. The van der Waals surface area contributed by atoms with Gasteiger partial charge in [-0.05, 0) is 38.8 Å². The predicted molar refractivity (Wildman–Crippen MR) is 89.0 cm³/mol. The molecule has 4 nitrogen and oxygen atoms in total. The highest BCUT2D eigenvalue weighted by Crippen LogP contribution is 2.29. The molecule has 0 saturated carbocycles. The standard InChI is InChI=1S/C17H21N3OS/c1-11-12(2)22-17(19-11)14-6-7-16(18-9-14)15-5-4-8-20(10-15)13(3)21/h6-7,9,15H,4-5,8,10H2,1-3H3. The molecule has 1 unspecified atom stereocenters. The molecular weight excluding hydrogens is 294 g/mol. The highest BCUT2D eigenvalue weighted by atomic mass is 32.1. The van der Waals surface area contributed by atoms with Crippen LogP contribution in [-0.2, 0) is 4.79 Å². The zero-order chi connectivity index (χ0) is 15.7. The first kappa shape index (κ1) is 15.2. The maximum absolute atomic E-state index is 11.5. The Morgan fingerprint density at radius 2 is 2.18 bits per heavy atom. The lowest BCUT2D eigenvalue weighted by Gasteiger charge is -2.31. The van der Waals surface area contributed by atoms with Gasteiger partial charge in [-0.25, -0.2) is 4.98 Å². The number of rotatable bonds is 2. The van der Waals surface area contributed by atoms with Crippen LogP contribution in [0.4, 0.5) is 0 Å². The maximum Gasteiger partial charge on any atom is 0.219 e. The van der Waals surface area contributed by atoms with E-state index in [9.17, 15) is 4.79 Å². The smallest absolute Gasteiger partial charge is 0.219 e. The fraction of sp³-hybridized carbons (Fsp3) is 0.471. The Morgan fingerprint density at radius 1 is 1.36 bits per heavy atom. The Morgan fingerprint density at radius 3 is 2.77 bits per heavy atom.